The molecule has 142 valence electrons. The molecule has 2 aromatic heterocycles. The SMILES string of the molecule is COc1ccc(-c2ccc(Cc3nc4ccccc4[nH]3)cc2)cc1-c1nn[nH]n1. The zero-order valence-corrected chi connectivity index (χ0v) is 15.8. The summed E-state index contributed by atoms with van der Waals surface area (Å²) in [4.78, 5) is 8.03. The maximum absolute atomic E-state index is 5.44. The van der Waals surface area contributed by atoms with Crippen molar-refractivity contribution < 1.29 is 4.74 Å². The zero-order chi connectivity index (χ0) is 19.6. The van der Waals surface area contributed by atoms with Crippen LogP contribution < -0.4 is 4.74 Å². The van der Waals surface area contributed by atoms with Crippen LogP contribution in [0.4, 0.5) is 0 Å². The van der Waals surface area contributed by atoms with Gasteiger partial charge < -0.3 is 9.72 Å². The van der Waals surface area contributed by atoms with Crippen molar-refractivity contribution in [1.29, 1.82) is 0 Å². The molecule has 5 aromatic rings. The molecule has 0 amide bonds. The Kier molecular flexibility index (Phi) is 4.25. The van der Waals surface area contributed by atoms with Crippen LogP contribution in [-0.4, -0.2) is 37.7 Å². The molecule has 0 fully saturated rings. The van der Waals surface area contributed by atoms with Crippen molar-refractivity contribution in [3.8, 4) is 28.3 Å². The third-order valence-electron chi connectivity index (χ3n) is 4.88. The molecule has 0 radical (unpaired) electrons. The predicted molar refractivity (Wildman–Crippen MR) is 111 cm³/mol. The monoisotopic (exact) mass is 382 g/mol. The molecular weight excluding hydrogens is 364 g/mol. The molecule has 0 aliphatic heterocycles. The number of tetrazole rings is 1. The minimum atomic E-state index is 0.505. The minimum Gasteiger partial charge on any atom is -0.496 e. The molecule has 29 heavy (non-hydrogen) atoms. The first kappa shape index (κ1) is 17.1. The maximum Gasteiger partial charge on any atom is 0.208 e. The average Bonchev–Trinajstić information content (AvgIpc) is 3.43. The van der Waals surface area contributed by atoms with E-state index in [9.17, 15) is 0 Å². The van der Waals surface area contributed by atoms with Gasteiger partial charge in [0.15, 0.2) is 0 Å². The number of hydrogen-bond donors (Lipinski definition) is 2. The van der Waals surface area contributed by atoms with Gasteiger partial charge in [-0.1, -0.05) is 42.5 Å². The lowest BCUT2D eigenvalue weighted by molar-refractivity contribution is 0.416. The van der Waals surface area contributed by atoms with Crippen molar-refractivity contribution in [2.24, 2.45) is 0 Å². The number of methoxy groups -OCH3 is 1. The Hall–Kier alpha value is -4.00. The number of rotatable bonds is 5. The summed E-state index contributed by atoms with van der Waals surface area (Å²) >= 11 is 0. The summed E-state index contributed by atoms with van der Waals surface area (Å²) < 4.78 is 5.44. The highest BCUT2D eigenvalue weighted by molar-refractivity contribution is 5.75. The second-order valence-corrected chi connectivity index (χ2v) is 6.72. The van der Waals surface area contributed by atoms with Gasteiger partial charge in [-0.15, -0.1) is 10.2 Å². The summed E-state index contributed by atoms with van der Waals surface area (Å²) in [5.41, 5.74) is 6.20. The molecule has 0 unspecified atom stereocenters. The molecule has 2 heterocycles. The third kappa shape index (κ3) is 3.34. The Bertz CT molecular complexity index is 1230. The molecule has 0 aliphatic carbocycles. The van der Waals surface area contributed by atoms with E-state index in [4.69, 9.17) is 4.74 Å². The highest BCUT2D eigenvalue weighted by Gasteiger charge is 2.12. The predicted octanol–water partition coefficient (Wildman–Crippen LogP) is 4.01. The number of ether oxygens (including phenoxy) is 1. The van der Waals surface area contributed by atoms with Gasteiger partial charge in [-0.05, 0) is 46.2 Å². The van der Waals surface area contributed by atoms with E-state index in [1.165, 1.54) is 5.56 Å². The Balaban J connectivity index is 1.42. The lowest BCUT2D eigenvalue weighted by Gasteiger charge is -2.09. The second-order valence-electron chi connectivity index (χ2n) is 6.72. The van der Waals surface area contributed by atoms with Gasteiger partial charge in [0.1, 0.15) is 11.6 Å². The van der Waals surface area contributed by atoms with Gasteiger partial charge in [-0.2, -0.15) is 5.21 Å². The molecule has 0 saturated heterocycles. The molecule has 0 aliphatic rings. The third-order valence-corrected chi connectivity index (χ3v) is 4.88. The molecule has 7 heteroatoms. The second kappa shape index (κ2) is 7.20. The number of fused-ring (bicyclic) bond motifs is 1. The fourth-order valence-corrected chi connectivity index (χ4v) is 3.44. The van der Waals surface area contributed by atoms with Crippen molar-refractivity contribution >= 4 is 11.0 Å². The summed E-state index contributed by atoms with van der Waals surface area (Å²) in [5.74, 6) is 2.17. The summed E-state index contributed by atoms with van der Waals surface area (Å²) in [6.45, 7) is 0. The van der Waals surface area contributed by atoms with Crippen LogP contribution in [0.15, 0.2) is 66.7 Å². The van der Waals surface area contributed by atoms with Gasteiger partial charge in [0.05, 0.1) is 23.7 Å². The van der Waals surface area contributed by atoms with Crippen molar-refractivity contribution in [3.05, 3.63) is 78.1 Å². The van der Waals surface area contributed by atoms with Crippen molar-refractivity contribution in [2.45, 2.75) is 6.42 Å². The van der Waals surface area contributed by atoms with Crippen LogP contribution in [-0.2, 0) is 6.42 Å². The van der Waals surface area contributed by atoms with Crippen LogP contribution in [0.1, 0.15) is 11.4 Å². The van der Waals surface area contributed by atoms with Gasteiger partial charge in [0, 0.05) is 6.42 Å². The number of benzene rings is 3. The Morgan fingerprint density at radius 2 is 1.76 bits per heavy atom. The van der Waals surface area contributed by atoms with Crippen LogP contribution in [0.25, 0.3) is 33.5 Å². The summed E-state index contributed by atoms with van der Waals surface area (Å²) in [6, 6.07) is 22.5. The number of nitrogens with one attached hydrogen (secondary N) is 2. The molecule has 2 N–H and O–H groups in total. The van der Waals surface area contributed by atoms with Crippen LogP contribution in [0.2, 0.25) is 0 Å². The number of nitrogens with zero attached hydrogens (tertiary/aromatic N) is 4. The molecule has 0 atom stereocenters. The van der Waals surface area contributed by atoms with Gasteiger partial charge in [0.2, 0.25) is 5.82 Å². The first-order chi connectivity index (χ1) is 14.3. The largest absolute Gasteiger partial charge is 0.496 e. The van der Waals surface area contributed by atoms with Crippen LogP contribution in [0, 0.1) is 0 Å². The van der Waals surface area contributed by atoms with E-state index in [0.29, 0.717) is 11.6 Å². The minimum absolute atomic E-state index is 0.505. The van der Waals surface area contributed by atoms with Gasteiger partial charge in [-0.25, -0.2) is 4.98 Å². The van der Waals surface area contributed by atoms with E-state index in [2.05, 4.69) is 54.9 Å². The van der Waals surface area contributed by atoms with E-state index in [1.54, 1.807) is 7.11 Å². The first-order valence-corrected chi connectivity index (χ1v) is 9.25. The number of para-hydroxylation sites is 2. The van der Waals surface area contributed by atoms with Crippen molar-refractivity contribution in [2.75, 3.05) is 7.11 Å². The number of aromatic nitrogens is 6. The number of aromatic amines is 2. The molecule has 0 spiro atoms. The normalized spacial score (nSPS) is 11.1. The number of imidazole rings is 1. The molecule has 0 saturated carbocycles. The summed E-state index contributed by atoms with van der Waals surface area (Å²) in [7, 11) is 1.63. The van der Waals surface area contributed by atoms with E-state index >= 15 is 0 Å². The lowest BCUT2D eigenvalue weighted by atomic mass is 10.00. The van der Waals surface area contributed by atoms with E-state index in [-0.39, 0.29) is 0 Å². The standard InChI is InChI=1S/C22H18N6O/c1-29-20-11-10-16(13-17(20)22-25-27-28-26-22)15-8-6-14(7-9-15)12-21-23-18-4-2-3-5-19(18)24-21/h2-11,13H,12H2,1H3,(H,23,24)(H,25,26,27,28). The lowest BCUT2D eigenvalue weighted by Crippen LogP contribution is -1.92. The van der Waals surface area contributed by atoms with Crippen LogP contribution in [0.5, 0.6) is 5.75 Å². The quantitative estimate of drug-likeness (QED) is 0.479. The maximum atomic E-state index is 5.44. The van der Waals surface area contributed by atoms with Crippen LogP contribution >= 0.6 is 0 Å². The molecular formula is C22H18N6O. The Labute approximate surface area is 166 Å². The van der Waals surface area contributed by atoms with Crippen molar-refractivity contribution in [3.63, 3.8) is 0 Å². The highest BCUT2D eigenvalue weighted by Crippen LogP contribution is 2.32. The van der Waals surface area contributed by atoms with Crippen molar-refractivity contribution in [1.82, 2.24) is 30.6 Å². The Morgan fingerprint density at radius 1 is 0.931 bits per heavy atom. The smallest absolute Gasteiger partial charge is 0.208 e. The zero-order valence-electron chi connectivity index (χ0n) is 15.8. The van der Waals surface area contributed by atoms with Gasteiger partial charge in [-0.3, -0.25) is 0 Å². The first-order valence-electron chi connectivity index (χ1n) is 9.25. The highest BCUT2D eigenvalue weighted by atomic mass is 16.5. The van der Waals surface area contributed by atoms with E-state index in [1.807, 2.05) is 42.5 Å². The van der Waals surface area contributed by atoms with E-state index in [0.717, 1.165) is 40.0 Å². The summed E-state index contributed by atoms with van der Waals surface area (Å²) in [6.07, 6.45) is 0.756. The fourth-order valence-electron chi connectivity index (χ4n) is 3.44. The topological polar surface area (TPSA) is 92.4 Å². The molecule has 5 rings (SSSR count). The Morgan fingerprint density at radius 3 is 2.52 bits per heavy atom. The number of hydrogen-bond acceptors (Lipinski definition) is 5. The molecule has 7 nitrogen and oxygen atoms in total. The van der Waals surface area contributed by atoms with Gasteiger partial charge in [0.25, 0.3) is 0 Å². The molecule has 0 bridgehead atoms. The van der Waals surface area contributed by atoms with Crippen LogP contribution in [0.3, 0.4) is 0 Å². The van der Waals surface area contributed by atoms with E-state index < -0.39 is 0 Å². The molecule has 3 aromatic carbocycles. The number of H-pyrrole nitrogens is 2. The fraction of sp³-hybridized carbons (Fsp3) is 0.0909. The summed E-state index contributed by atoms with van der Waals surface area (Å²) in [5, 5.41) is 14.3. The average molecular weight is 382 g/mol. The van der Waals surface area contributed by atoms with Gasteiger partial charge >= 0.3 is 0 Å².